The second-order valence-corrected chi connectivity index (χ2v) is 6.81. The van der Waals surface area contributed by atoms with Gasteiger partial charge in [0.1, 0.15) is 10.7 Å². The number of amides is 1. The summed E-state index contributed by atoms with van der Waals surface area (Å²) in [5, 5.41) is 12.3. The van der Waals surface area contributed by atoms with Gasteiger partial charge in [-0.05, 0) is 40.8 Å². The standard InChI is InChI=1S/C14H16BrClN2O3/c1-8-3-2-4-14(6-8,13(20)21)18-12(19)10-5-9(15)7-17-11(10)16/h5,7-8H,2-4,6H2,1H3,(H,18,19)(H,20,21). The third kappa shape index (κ3) is 3.55. The molecule has 0 saturated heterocycles. The lowest BCUT2D eigenvalue weighted by Gasteiger charge is -2.37. The number of nitrogens with one attached hydrogen (secondary N) is 1. The molecular formula is C14H16BrClN2O3. The summed E-state index contributed by atoms with van der Waals surface area (Å²) in [5.41, 5.74) is -1.05. The zero-order valence-corrected chi connectivity index (χ0v) is 13.9. The molecule has 0 aromatic carbocycles. The van der Waals surface area contributed by atoms with E-state index < -0.39 is 17.4 Å². The minimum absolute atomic E-state index is 0.0556. The smallest absolute Gasteiger partial charge is 0.329 e. The quantitative estimate of drug-likeness (QED) is 0.795. The number of pyridine rings is 1. The van der Waals surface area contributed by atoms with Crippen molar-refractivity contribution < 1.29 is 14.7 Å². The molecule has 1 amide bonds. The Morgan fingerprint density at radius 2 is 2.29 bits per heavy atom. The van der Waals surface area contributed by atoms with E-state index in [0.29, 0.717) is 17.3 Å². The number of hydrogen-bond acceptors (Lipinski definition) is 3. The molecule has 1 aromatic rings. The van der Waals surface area contributed by atoms with Gasteiger partial charge in [-0.2, -0.15) is 0 Å². The van der Waals surface area contributed by atoms with Crippen molar-refractivity contribution in [2.45, 2.75) is 38.1 Å². The van der Waals surface area contributed by atoms with Crippen LogP contribution in [0.1, 0.15) is 43.0 Å². The van der Waals surface area contributed by atoms with E-state index in [0.717, 1.165) is 12.8 Å². The topological polar surface area (TPSA) is 79.3 Å². The Kier molecular flexibility index (Phi) is 4.88. The summed E-state index contributed by atoms with van der Waals surface area (Å²) in [4.78, 5) is 27.9. The normalized spacial score (nSPS) is 25.4. The van der Waals surface area contributed by atoms with Crippen LogP contribution in [0.15, 0.2) is 16.7 Å². The van der Waals surface area contributed by atoms with Crippen LogP contribution in [0, 0.1) is 5.92 Å². The molecule has 0 spiro atoms. The summed E-state index contributed by atoms with van der Waals surface area (Å²) in [6, 6.07) is 1.53. The van der Waals surface area contributed by atoms with Crippen LogP contribution in [0.2, 0.25) is 5.15 Å². The van der Waals surface area contributed by atoms with Crippen LogP contribution in [0.4, 0.5) is 0 Å². The Bertz CT molecular complexity index is 581. The molecule has 21 heavy (non-hydrogen) atoms. The summed E-state index contributed by atoms with van der Waals surface area (Å²) in [6.07, 6.45) is 4.08. The van der Waals surface area contributed by atoms with E-state index >= 15 is 0 Å². The SMILES string of the molecule is CC1CCCC(NC(=O)c2cc(Br)cnc2Cl)(C(=O)O)C1. The molecule has 1 heterocycles. The fourth-order valence-electron chi connectivity index (χ4n) is 2.78. The lowest BCUT2D eigenvalue weighted by molar-refractivity contribution is -0.146. The number of halogens is 2. The second-order valence-electron chi connectivity index (χ2n) is 5.53. The van der Waals surface area contributed by atoms with Gasteiger partial charge >= 0.3 is 5.97 Å². The number of carbonyl (C=O) groups excluding carboxylic acids is 1. The summed E-state index contributed by atoms with van der Waals surface area (Å²) < 4.78 is 0.610. The van der Waals surface area contributed by atoms with Crippen molar-refractivity contribution in [3.05, 3.63) is 27.5 Å². The predicted octanol–water partition coefficient (Wildman–Crippen LogP) is 3.26. The molecule has 114 valence electrons. The number of hydrogen-bond donors (Lipinski definition) is 2. The van der Waals surface area contributed by atoms with E-state index in [1.54, 1.807) is 0 Å². The molecule has 1 aromatic heterocycles. The molecule has 2 N–H and O–H groups in total. The third-order valence-corrected chi connectivity index (χ3v) is 4.54. The predicted molar refractivity (Wildman–Crippen MR) is 82.4 cm³/mol. The Labute approximate surface area is 136 Å². The number of rotatable bonds is 3. The van der Waals surface area contributed by atoms with E-state index in [1.807, 2.05) is 6.92 Å². The number of nitrogens with zero attached hydrogens (tertiary/aromatic N) is 1. The van der Waals surface area contributed by atoms with Crippen LogP contribution >= 0.6 is 27.5 Å². The van der Waals surface area contributed by atoms with Crippen LogP contribution < -0.4 is 5.32 Å². The first-order valence-electron chi connectivity index (χ1n) is 6.71. The van der Waals surface area contributed by atoms with Gasteiger partial charge in [0, 0.05) is 10.7 Å². The van der Waals surface area contributed by atoms with Gasteiger partial charge in [-0.1, -0.05) is 31.4 Å². The van der Waals surface area contributed by atoms with Crippen LogP contribution in [-0.2, 0) is 4.79 Å². The Morgan fingerprint density at radius 1 is 1.57 bits per heavy atom. The van der Waals surface area contributed by atoms with Crippen molar-refractivity contribution in [2.75, 3.05) is 0 Å². The maximum absolute atomic E-state index is 12.4. The summed E-state index contributed by atoms with van der Waals surface area (Å²) in [5.74, 6) is -1.25. The van der Waals surface area contributed by atoms with Crippen molar-refractivity contribution in [2.24, 2.45) is 5.92 Å². The van der Waals surface area contributed by atoms with Crippen LogP contribution in [0.3, 0.4) is 0 Å². The van der Waals surface area contributed by atoms with Gasteiger partial charge in [0.25, 0.3) is 5.91 Å². The average Bonchev–Trinajstić information content (AvgIpc) is 2.41. The zero-order chi connectivity index (χ0) is 15.6. The first-order chi connectivity index (χ1) is 9.84. The first kappa shape index (κ1) is 16.2. The summed E-state index contributed by atoms with van der Waals surface area (Å²) >= 11 is 9.15. The highest BCUT2D eigenvalue weighted by Gasteiger charge is 2.43. The zero-order valence-electron chi connectivity index (χ0n) is 11.5. The molecule has 1 aliphatic carbocycles. The van der Waals surface area contributed by atoms with Crippen molar-refractivity contribution in [1.29, 1.82) is 0 Å². The molecular weight excluding hydrogens is 360 g/mol. The van der Waals surface area contributed by atoms with Crippen molar-refractivity contribution in [3.63, 3.8) is 0 Å². The van der Waals surface area contributed by atoms with Crippen LogP contribution in [0.25, 0.3) is 0 Å². The molecule has 5 nitrogen and oxygen atoms in total. The Morgan fingerprint density at radius 3 is 2.90 bits per heavy atom. The highest BCUT2D eigenvalue weighted by atomic mass is 79.9. The van der Waals surface area contributed by atoms with Crippen molar-refractivity contribution >= 4 is 39.4 Å². The average molecular weight is 376 g/mol. The van der Waals surface area contributed by atoms with E-state index in [2.05, 4.69) is 26.2 Å². The molecule has 1 aliphatic rings. The highest BCUT2D eigenvalue weighted by molar-refractivity contribution is 9.10. The monoisotopic (exact) mass is 374 g/mol. The molecule has 2 rings (SSSR count). The maximum Gasteiger partial charge on any atom is 0.329 e. The number of carboxylic acids is 1. The number of carbonyl (C=O) groups is 2. The van der Waals surface area contributed by atoms with Gasteiger partial charge in [0.2, 0.25) is 0 Å². The lowest BCUT2D eigenvalue weighted by Crippen LogP contribution is -2.56. The van der Waals surface area contributed by atoms with E-state index in [1.165, 1.54) is 12.3 Å². The summed E-state index contributed by atoms with van der Waals surface area (Å²) in [6.45, 7) is 2.00. The van der Waals surface area contributed by atoms with Gasteiger partial charge in [0.05, 0.1) is 5.56 Å². The van der Waals surface area contributed by atoms with Crippen LogP contribution in [0.5, 0.6) is 0 Å². The van der Waals surface area contributed by atoms with Gasteiger partial charge in [-0.15, -0.1) is 0 Å². The largest absolute Gasteiger partial charge is 0.480 e. The first-order valence-corrected chi connectivity index (χ1v) is 7.88. The van der Waals surface area contributed by atoms with Crippen LogP contribution in [-0.4, -0.2) is 27.5 Å². The molecule has 2 unspecified atom stereocenters. The van der Waals surface area contributed by atoms with Crippen molar-refractivity contribution in [3.8, 4) is 0 Å². The van der Waals surface area contributed by atoms with E-state index in [9.17, 15) is 14.7 Å². The molecule has 1 saturated carbocycles. The summed E-state index contributed by atoms with van der Waals surface area (Å²) in [7, 11) is 0. The number of aliphatic carboxylic acids is 1. The third-order valence-electron chi connectivity index (χ3n) is 3.81. The number of aromatic nitrogens is 1. The minimum Gasteiger partial charge on any atom is -0.480 e. The Balaban J connectivity index is 2.27. The molecule has 7 heteroatoms. The molecule has 0 aliphatic heterocycles. The molecule has 2 atom stereocenters. The van der Waals surface area contributed by atoms with Gasteiger partial charge in [-0.3, -0.25) is 4.79 Å². The van der Waals surface area contributed by atoms with Crippen molar-refractivity contribution in [1.82, 2.24) is 10.3 Å². The van der Waals surface area contributed by atoms with E-state index in [-0.39, 0.29) is 16.6 Å². The molecule has 0 radical (unpaired) electrons. The second kappa shape index (κ2) is 6.32. The van der Waals surface area contributed by atoms with E-state index in [4.69, 9.17) is 11.6 Å². The van der Waals surface area contributed by atoms with Gasteiger partial charge < -0.3 is 10.4 Å². The minimum atomic E-state index is -1.22. The Hall–Kier alpha value is -1.14. The lowest BCUT2D eigenvalue weighted by atomic mass is 9.76. The maximum atomic E-state index is 12.4. The van der Waals surface area contributed by atoms with Gasteiger partial charge in [-0.25, -0.2) is 9.78 Å². The number of carboxylic acid groups (broad SMARTS) is 1. The highest BCUT2D eigenvalue weighted by Crippen LogP contribution is 2.33. The fourth-order valence-corrected chi connectivity index (χ4v) is 3.30. The molecule has 0 bridgehead atoms. The van der Waals surface area contributed by atoms with Gasteiger partial charge in [0.15, 0.2) is 0 Å². The molecule has 1 fully saturated rings. The fraction of sp³-hybridized carbons (Fsp3) is 0.500.